The van der Waals surface area contributed by atoms with Crippen molar-refractivity contribution < 1.29 is 0 Å². The lowest BCUT2D eigenvalue weighted by Gasteiger charge is -2.02. The van der Waals surface area contributed by atoms with E-state index in [1.807, 2.05) is 36.7 Å². The summed E-state index contributed by atoms with van der Waals surface area (Å²) in [4.78, 5) is 9.30. The molecule has 0 saturated heterocycles. The summed E-state index contributed by atoms with van der Waals surface area (Å²) in [5.41, 5.74) is 4.05. The van der Waals surface area contributed by atoms with Crippen LogP contribution in [-0.2, 0) is 0 Å². The molecule has 0 bridgehead atoms. The predicted molar refractivity (Wildman–Crippen MR) is 129 cm³/mol. The first-order valence-corrected chi connectivity index (χ1v) is 10.0. The second kappa shape index (κ2) is 8.14. The molecule has 0 unspecified atom stereocenters. The maximum Gasteiger partial charge on any atom is 0.0631 e. The van der Waals surface area contributed by atoms with Crippen LogP contribution in [0, 0.1) is 0 Å². The average Bonchev–Trinajstić information content (AvgIpc) is 2.82. The first kappa shape index (κ1) is 18.0. The Hall–Kier alpha value is -4.04. The topological polar surface area (TPSA) is 24.7 Å². The van der Waals surface area contributed by atoms with E-state index in [-0.39, 0.29) is 0 Å². The van der Waals surface area contributed by atoms with Crippen LogP contribution in [0.15, 0.2) is 119 Å². The van der Waals surface area contributed by atoms with Gasteiger partial charge < -0.3 is 0 Å². The van der Waals surface area contributed by atoms with Gasteiger partial charge in [-0.3, -0.25) is 9.98 Å². The minimum Gasteiger partial charge on any atom is -0.256 e. The Morgan fingerprint density at radius 1 is 0.400 bits per heavy atom. The molecule has 0 amide bonds. The van der Waals surface area contributed by atoms with Crippen LogP contribution in [0.4, 0.5) is 11.4 Å². The molecule has 0 aliphatic rings. The largest absolute Gasteiger partial charge is 0.256 e. The lowest BCUT2D eigenvalue weighted by molar-refractivity contribution is 1.48. The molecule has 0 radical (unpaired) electrons. The van der Waals surface area contributed by atoms with E-state index in [0.29, 0.717) is 0 Å². The summed E-state index contributed by atoms with van der Waals surface area (Å²) >= 11 is 0. The van der Waals surface area contributed by atoms with Crippen molar-refractivity contribution in [3.8, 4) is 0 Å². The summed E-state index contributed by atoms with van der Waals surface area (Å²) in [7, 11) is 0. The Kier molecular flexibility index (Phi) is 4.89. The Morgan fingerprint density at radius 3 is 1.27 bits per heavy atom. The van der Waals surface area contributed by atoms with E-state index in [9.17, 15) is 0 Å². The molecule has 0 saturated carbocycles. The highest BCUT2D eigenvalue weighted by Crippen LogP contribution is 2.22. The minimum atomic E-state index is 0.909. The summed E-state index contributed by atoms with van der Waals surface area (Å²) in [6.45, 7) is 0. The maximum absolute atomic E-state index is 4.65. The van der Waals surface area contributed by atoms with Gasteiger partial charge in [0.25, 0.3) is 0 Å². The molecule has 0 atom stereocenters. The van der Waals surface area contributed by atoms with Crippen LogP contribution in [0.2, 0.25) is 0 Å². The molecule has 0 fully saturated rings. The van der Waals surface area contributed by atoms with Crippen molar-refractivity contribution in [1.29, 1.82) is 0 Å². The summed E-state index contributed by atoms with van der Waals surface area (Å²) in [6, 6.07) is 37.3. The Balaban J connectivity index is 1.36. The minimum absolute atomic E-state index is 0.909. The standard InChI is InChI=1S/C28H20N2/c1-3-13-27-21(7-1)9-5-11-23(27)19-29-25-15-17-26(18-16-25)30-20-24-12-6-10-22-8-2-4-14-28(22)24/h1-20H/b29-19+,30-20+. The lowest BCUT2D eigenvalue weighted by atomic mass is 10.1. The fraction of sp³-hybridized carbons (Fsp3) is 0. The van der Waals surface area contributed by atoms with Gasteiger partial charge in [-0.1, -0.05) is 84.9 Å². The number of rotatable bonds is 4. The molecule has 30 heavy (non-hydrogen) atoms. The van der Waals surface area contributed by atoms with E-state index in [1.54, 1.807) is 0 Å². The second-order valence-electron chi connectivity index (χ2n) is 7.17. The van der Waals surface area contributed by atoms with Gasteiger partial charge in [0, 0.05) is 23.6 Å². The molecular weight excluding hydrogens is 364 g/mol. The van der Waals surface area contributed by atoms with E-state index in [2.05, 4.69) is 94.9 Å². The molecule has 5 aromatic rings. The number of benzene rings is 5. The van der Waals surface area contributed by atoms with Crippen molar-refractivity contribution in [2.24, 2.45) is 9.98 Å². The average molecular weight is 384 g/mol. The Bertz CT molecular complexity index is 1260. The third-order valence-corrected chi connectivity index (χ3v) is 5.20. The summed E-state index contributed by atoms with van der Waals surface area (Å²) < 4.78 is 0. The van der Waals surface area contributed by atoms with Gasteiger partial charge >= 0.3 is 0 Å². The zero-order valence-electron chi connectivity index (χ0n) is 16.4. The molecule has 2 heteroatoms. The number of nitrogens with zero attached hydrogens (tertiary/aromatic N) is 2. The van der Waals surface area contributed by atoms with Crippen molar-refractivity contribution in [3.05, 3.63) is 120 Å². The van der Waals surface area contributed by atoms with Crippen molar-refractivity contribution in [2.75, 3.05) is 0 Å². The number of aliphatic imine (C=N–C) groups is 2. The highest BCUT2D eigenvalue weighted by Gasteiger charge is 1.99. The van der Waals surface area contributed by atoms with E-state index in [4.69, 9.17) is 0 Å². The van der Waals surface area contributed by atoms with Crippen molar-refractivity contribution in [1.82, 2.24) is 0 Å². The van der Waals surface area contributed by atoms with Crippen LogP contribution >= 0.6 is 0 Å². The van der Waals surface area contributed by atoms with Crippen molar-refractivity contribution >= 4 is 45.3 Å². The van der Waals surface area contributed by atoms with Crippen LogP contribution in [0.1, 0.15) is 11.1 Å². The first-order chi connectivity index (χ1) is 14.9. The van der Waals surface area contributed by atoms with Gasteiger partial charge in [0.05, 0.1) is 11.4 Å². The van der Waals surface area contributed by atoms with E-state index >= 15 is 0 Å². The molecule has 5 rings (SSSR count). The fourth-order valence-corrected chi connectivity index (χ4v) is 3.64. The highest BCUT2D eigenvalue weighted by molar-refractivity contribution is 6.01. The van der Waals surface area contributed by atoms with Gasteiger partial charge in [-0.05, 0) is 45.8 Å². The zero-order chi connectivity index (χ0) is 20.2. The normalized spacial score (nSPS) is 11.7. The van der Waals surface area contributed by atoms with Gasteiger partial charge in [-0.25, -0.2) is 0 Å². The molecule has 0 heterocycles. The molecular formula is C28H20N2. The van der Waals surface area contributed by atoms with Crippen LogP contribution in [-0.4, -0.2) is 12.4 Å². The van der Waals surface area contributed by atoms with Gasteiger partial charge in [-0.2, -0.15) is 0 Å². The van der Waals surface area contributed by atoms with Gasteiger partial charge in [-0.15, -0.1) is 0 Å². The number of fused-ring (bicyclic) bond motifs is 2. The second-order valence-corrected chi connectivity index (χ2v) is 7.17. The first-order valence-electron chi connectivity index (χ1n) is 10.0. The molecule has 5 aromatic carbocycles. The Labute approximate surface area is 175 Å². The molecule has 2 nitrogen and oxygen atoms in total. The molecule has 0 aliphatic heterocycles. The van der Waals surface area contributed by atoms with Crippen LogP contribution in [0.25, 0.3) is 21.5 Å². The fourth-order valence-electron chi connectivity index (χ4n) is 3.64. The molecule has 142 valence electrons. The molecule has 0 aromatic heterocycles. The quantitative estimate of drug-likeness (QED) is 0.287. The smallest absolute Gasteiger partial charge is 0.0631 e. The van der Waals surface area contributed by atoms with Crippen LogP contribution < -0.4 is 0 Å². The summed E-state index contributed by atoms with van der Waals surface area (Å²) in [5.74, 6) is 0. The number of hydrogen-bond donors (Lipinski definition) is 0. The summed E-state index contributed by atoms with van der Waals surface area (Å²) in [5, 5.41) is 4.86. The molecule has 0 spiro atoms. The summed E-state index contributed by atoms with van der Waals surface area (Å²) in [6.07, 6.45) is 3.85. The van der Waals surface area contributed by atoms with Crippen LogP contribution in [0.5, 0.6) is 0 Å². The monoisotopic (exact) mass is 384 g/mol. The van der Waals surface area contributed by atoms with Crippen molar-refractivity contribution in [3.63, 3.8) is 0 Å². The van der Waals surface area contributed by atoms with E-state index in [1.165, 1.54) is 21.5 Å². The molecule has 0 aliphatic carbocycles. The SMILES string of the molecule is C(=N\c1ccc(/N=C/c2cccc3ccccc23)cc1)/c1cccc2ccccc12. The molecule has 0 N–H and O–H groups in total. The Morgan fingerprint density at radius 2 is 0.800 bits per heavy atom. The van der Waals surface area contributed by atoms with Gasteiger partial charge in [0.1, 0.15) is 0 Å². The highest BCUT2D eigenvalue weighted by atomic mass is 14.7. The van der Waals surface area contributed by atoms with Gasteiger partial charge in [0.2, 0.25) is 0 Å². The van der Waals surface area contributed by atoms with Gasteiger partial charge in [0.15, 0.2) is 0 Å². The van der Waals surface area contributed by atoms with Crippen molar-refractivity contribution in [2.45, 2.75) is 0 Å². The maximum atomic E-state index is 4.65. The number of hydrogen-bond acceptors (Lipinski definition) is 2. The predicted octanol–water partition coefficient (Wildman–Crippen LogP) is 7.49. The van der Waals surface area contributed by atoms with Crippen LogP contribution in [0.3, 0.4) is 0 Å². The van der Waals surface area contributed by atoms with E-state index in [0.717, 1.165) is 22.5 Å². The third kappa shape index (κ3) is 3.76. The zero-order valence-corrected chi connectivity index (χ0v) is 16.4. The third-order valence-electron chi connectivity index (χ3n) is 5.20. The lowest BCUT2D eigenvalue weighted by Crippen LogP contribution is -1.84. The van der Waals surface area contributed by atoms with E-state index < -0.39 is 0 Å².